The minimum Gasteiger partial charge on any atom is -0.383 e. The van der Waals surface area contributed by atoms with Gasteiger partial charge in [-0.3, -0.25) is 0 Å². The molecule has 2 heteroatoms. The normalized spacial score (nSPS) is 12.8. The van der Waals surface area contributed by atoms with Crippen molar-refractivity contribution >= 4 is 0 Å². The fraction of sp³-hybridized carbons (Fsp3) is 0.800. The molecule has 0 bridgehead atoms. The van der Waals surface area contributed by atoms with E-state index in [1.165, 1.54) is 6.42 Å². The van der Waals surface area contributed by atoms with E-state index in [-0.39, 0.29) is 0 Å². The van der Waals surface area contributed by atoms with Crippen molar-refractivity contribution in [2.45, 2.75) is 32.2 Å². The number of ether oxygens (including phenoxy) is 1. The van der Waals surface area contributed by atoms with Crippen molar-refractivity contribution < 1.29 is 4.74 Å². The van der Waals surface area contributed by atoms with E-state index >= 15 is 0 Å². The Balaban J connectivity index is 3.46. The number of hydrogen-bond donors (Lipinski definition) is 1. The van der Waals surface area contributed by atoms with Crippen LogP contribution in [0.25, 0.3) is 0 Å². The van der Waals surface area contributed by atoms with Gasteiger partial charge in [-0.15, -0.1) is 6.58 Å². The van der Waals surface area contributed by atoms with Crippen LogP contribution in [0.1, 0.15) is 26.2 Å². The van der Waals surface area contributed by atoms with E-state index in [1.54, 1.807) is 7.11 Å². The number of rotatable bonds is 8. The quantitative estimate of drug-likeness (QED) is 0.564. The van der Waals surface area contributed by atoms with Crippen molar-refractivity contribution in [3.05, 3.63) is 12.7 Å². The molecule has 0 aliphatic carbocycles. The predicted molar refractivity (Wildman–Crippen MR) is 53.4 cm³/mol. The summed E-state index contributed by atoms with van der Waals surface area (Å²) in [7, 11) is 1.74. The molecule has 72 valence electrons. The Bertz CT molecular complexity index is 104. The monoisotopic (exact) mass is 171 g/mol. The summed E-state index contributed by atoms with van der Waals surface area (Å²) in [4.78, 5) is 0. The Labute approximate surface area is 76.0 Å². The molecular weight excluding hydrogens is 150 g/mol. The summed E-state index contributed by atoms with van der Waals surface area (Å²) in [6.07, 6.45) is 5.31. The van der Waals surface area contributed by atoms with Gasteiger partial charge in [0.1, 0.15) is 0 Å². The minimum atomic E-state index is 0.493. The SMILES string of the molecule is C=CCCC(COC)NCCC. The van der Waals surface area contributed by atoms with Crippen molar-refractivity contribution in [2.24, 2.45) is 0 Å². The van der Waals surface area contributed by atoms with Crippen LogP contribution < -0.4 is 5.32 Å². The molecule has 0 radical (unpaired) electrons. The smallest absolute Gasteiger partial charge is 0.0615 e. The molecule has 0 aliphatic heterocycles. The Hall–Kier alpha value is -0.340. The molecule has 0 fully saturated rings. The largest absolute Gasteiger partial charge is 0.383 e. The molecule has 0 saturated carbocycles. The number of allylic oxidation sites excluding steroid dienone is 1. The molecule has 0 heterocycles. The third-order valence-electron chi connectivity index (χ3n) is 1.77. The summed E-state index contributed by atoms with van der Waals surface area (Å²) in [6.45, 7) is 7.75. The molecule has 0 amide bonds. The van der Waals surface area contributed by atoms with Gasteiger partial charge in [-0.25, -0.2) is 0 Å². The molecule has 12 heavy (non-hydrogen) atoms. The summed E-state index contributed by atoms with van der Waals surface area (Å²) < 4.78 is 5.10. The molecule has 1 atom stereocenters. The lowest BCUT2D eigenvalue weighted by Crippen LogP contribution is -2.33. The molecule has 1 N–H and O–H groups in total. The van der Waals surface area contributed by atoms with E-state index in [0.717, 1.165) is 26.0 Å². The molecule has 0 spiro atoms. The maximum atomic E-state index is 5.10. The van der Waals surface area contributed by atoms with Crippen LogP contribution in [0, 0.1) is 0 Å². The van der Waals surface area contributed by atoms with Gasteiger partial charge >= 0.3 is 0 Å². The standard InChI is InChI=1S/C10H21NO/c1-4-6-7-10(9-12-3)11-8-5-2/h4,10-11H,1,5-9H2,2-3H3. The third kappa shape index (κ3) is 6.38. The summed E-state index contributed by atoms with van der Waals surface area (Å²) >= 11 is 0. The van der Waals surface area contributed by atoms with Gasteiger partial charge in [-0.1, -0.05) is 13.0 Å². The van der Waals surface area contributed by atoms with E-state index in [2.05, 4.69) is 18.8 Å². The van der Waals surface area contributed by atoms with Crippen LogP contribution in [0.4, 0.5) is 0 Å². The lowest BCUT2D eigenvalue weighted by molar-refractivity contribution is 0.163. The fourth-order valence-corrected chi connectivity index (χ4v) is 1.11. The maximum absolute atomic E-state index is 5.10. The Morgan fingerprint density at radius 2 is 2.33 bits per heavy atom. The lowest BCUT2D eigenvalue weighted by atomic mass is 10.1. The van der Waals surface area contributed by atoms with Gasteiger partial charge < -0.3 is 10.1 Å². The van der Waals surface area contributed by atoms with Gasteiger partial charge in [0.05, 0.1) is 6.61 Å². The van der Waals surface area contributed by atoms with Crippen molar-refractivity contribution in [1.82, 2.24) is 5.32 Å². The predicted octanol–water partition coefficient (Wildman–Crippen LogP) is 1.97. The molecule has 0 saturated heterocycles. The zero-order valence-corrected chi connectivity index (χ0v) is 8.31. The van der Waals surface area contributed by atoms with Gasteiger partial charge in [0, 0.05) is 13.2 Å². The summed E-state index contributed by atoms with van der Waals surface area (Å²) in [5.41, 5.74) is 0. The van der Waals surface area contributed by atoms with Crippen LogP contribution in [-0.2, 0) is 4.74 Å². The van der Waals surface area contributed by atoms with Crippen LogP contribution in [-0.4, -0.2) is 26.3 Å². The van der Waals surface area contributed by atoms with Gasteiger partial charge in [0.2, 0.25) is 0 Å². The van der Waals surface area contributed by atoms with E-state index in [1.807, 2.05) is 6.08 Å². The molecule has 0 aromatic carbocycles. The number of nitrogens with one attached hydrogen (secondary N) is 1. The highest BCUT2D eigenvalue weighted by Gasteiger charge is 2.04. The molecule has 0 aromatic rings. The minimum absolute atomic E-state index is 0.493. The van der Waals surface area contributed by atoms with E-state index in [9.17, 15) is 0 Å². The average molecular weight is 171 g/mol. The third-order valence-corrected chi connectivity index (χ3v) is 1.77. The summed E-state index contributed by atoms with van der Waals surface area (Å²) in [6, 6.07) is 0.493. The van der Waals surface area contributed by atoms with Crippen LogP contribution in [0.5, 0.6) is 0 Å². The maximum Gasteiger partial charge on any atom is 0.0615 e. The Morgan fingerprint density at radius 1 is 1.58 bits per heavy atom. The van der Waals surface area contributed by atoms with Crippen molar-refractivity contribution in [3.63, 3.8) is 0 Å². The van der Waals surface area contributed by atoms with E-state index < -0.39 is 0 Å². The Morgan fingerprint density at radius 3 is 2.83 bits per heavy atom. The highest BCUT2D eigenvalue weighted by Crippen LogP contribution is 1.98. The van der Waals surface area contributed by atoms with Crippen molar-refractivity contribution in [1.29, 1.82) is 0 Å². The first-order chi connectivity index (χ1) is 5.85. The first kappa shape index (κ1) is 11.7. The van der Waals surface area contributed by atoms with Crippen LogP contribution >= 0.6 is 0 Å². The second-order valence-corrected chi connectivity index (χ2v) is 2.97. The molecule has 0 aromatic heterocycles. The van der Waals surface area contributed by atoms with E-state index in [4.69, 9.17) is 4.74 Å². The molecule has 2 nitrogen and oxygen atoms in total. The van der Waals surface area contributed by atoms with Gasteiger partial charge in [0.15, 0.2) is 0 Å². The zero-order chi connectivity index (χ0) is 9.23. The van der Waals surface area contributed by atoms with E-state index in [0.29, 0.717) is 6.04 Å². The molecular formula is C10H21NO. The van der Waals surface area contributed by atoms with Crippen LogP contribution in [0.2, 0.25) is 0 Å². The zero-order valence-electron chi connectivity index (χ0n) is 8.31. The van der Waals surface area contributed by atoms with Gasteiger partial charge in [-0.05, 0) is 25.8 Å². The highest BCUT2D eigenvalue weighted by atomic mass is 16.5. The summed E-state index contributed by atoms with van der Waals surface area (Å²) in [5, 5.41) is 3.43. The van der Waals surface area contributed by atoms with Crippen molar-refractivity contribution in [2.75, 3.05) is 20.3 Å². The summed E-state index contributed by atoms with van der Waals surface area (Å²) in [5.74, 6) is 0. The second kappa shape index (κ2) is 8.75. The lowest BCUT2D eigenvalue weighted by Gasteiger charge is -2.16. The number of hydrogen-bond acceptors (Lipinski definition) is 2. The van der Waals surface area contributed by atoms with Gasteiger partial charge in [0.25, 0.3) is 0 Å². The first-order valence-electron chi connectivity index (χ1n) is 4.68. The molecule has 1 unspecified atom stereocenters. The van der Waals surface area contributed by atoms with Crippen LogP contribution in [0.3, 0.4) is 0 Å². The molecule has 0 aliphatic rings. The van der Waals surface area contributed by atoms with Crippen LogP contribution in [0.15, 0.2) is 12.7 Å². The van der Waals surface area contributed by atoms with Gasteiger partial charge in [-0.2, -0.15) is 0 Å². The molecule has 0 rings (SSSR count). The van der Waals surface area contributed by atoms with Crippen molar-refractivity contribution in [3.8, 4) is 0 Å². The first-order valence-corrected chi connectivity index (χ1v) is 4.68. The number of methoxy groups -OCH3 is 1. The topological polar surface area (TPSA) is 21.3 Å². The fourth-order valence-electron chi connectivity index (χ4n) is 1.11. The average Bonchev–Trinajstić information content (AvgIpc) is 2.10. The Kier molecular flexibility index (Phi) is 8.51. The second-order valence-electron chi connectivity index (χ2n) is 2.97. The highest BCUT2D eigenvalue weighted by molar-refractivity contribution is 4.73.